The number of hydrogen-bond acceptors (Lipinski definition) is 3. The molecule has 1 aliphatic rings. The molecule has 1 atom stereocenters. The molecule has 0 saturated heterocycles. The summed E-state index contributed by atoms with van der Waals surface area (Å²) in [5, 5.41) is 10.2. The van der Waals surface area contributed by atoms with Crippen molar-refractivity contribution in [1.82, 2.24) is 9.88 Å². The van der Waals surface area contributed by atoms with Gasteiger partial charge in [0, 0.05) is 25.5 Å². The molecular formula is C28H32N2O. The molecule has 0 amide bonds. The molecule has 160 valence electrons. The molecule has 4 rings (SSSR count). The standard InChI is InChI=1S/C28H32N2O/c1-3-4-10-26-25(27-19-24(31)12-11-21(27)2)15-18-30(20-22-8-6-5-7-9-22)28(26)23-13-16-29-17-14-23/h5-9,11-14,16-17,19,28,31H,3-4,10,15,18,20H2,1-2H3. The van der Waals surface area contributed by atoms with Gasteiger partial charge in [-0.05, 0) is 83.9 Å². The van der Waals surface area contributed by atoms with Crippen LogP contribution in [0.5, 0.6) is 5.75 Å². The van der Waals surface area contributed by atoms with E-state index in [1.807, 2.05) is 24.5 Å². The largest absolute Gasteiger partial charge is 0.508 e. The van der Waals surface area contributed by atoms with Gasteiger partial charge in [0.25, 0.3) is 0 Å². The summed E-state index contributed by atoms with van der Waals surface area (Å²) in [5.41, 5.74) is 7.97. The first-order chi connectivity index (χ1) is 15.2. The second kappa shape index (κ2) is 9.93. The summed E-state index contributed by atoms with van der Waals surface area (Å²) in [6, 6.07) is 21.1. The Morgan fingerprint density at radius 3 is 2.55 bits per heavy atom. The number of phenolic OH excluding ortho intramolecular Hbond substituents is 1. The first-order valence-corrected chi connectivity index (χ1v) is 11.4. The zero-order valence-corrected chi connectivity index (χ0v) is 18.6. The Balaban J connectivity index is 1.83. The van der Waals surface area contributed by atoms with E-state index in [4.69, 9.17) is 0 Å². The molecule has 31 heavy (non-hydrogen) atoms. The number of benzene rings is 2. The van der Waals surface area contributed by atoms with E-state index in [0.717, 1.165) is 38.8 Å². The van der Waals surface area contributed by atoms with Crippen LogP contribution in [0.3, 0.4) is 0 Å². The zero-order chi connectivity index (χ0) is 21.6. The fraction of sp³-hybridized carbons (Fsp3) is 0.321. The lowest BCUT2D eigenvalue weighted by atomic mass is 9.81. The quantitative estimate of drug-likeness (QED) is 0.470. The minimum atomic E-state index is 0.222. The first kappa shape index (κ1) is 21.3. The minimum absolute atomic E-state index is 0.222. The van der Waals surface area contributed by atoms with Crippen LogP contribution >= 0.6 is 0 Å². The summed E-state index contributed by atoms with van der Waals surface area (Å²) in [7, 11) is 0. The third-order valence-electron chi connectivity index (χ3n) is 6.33. The first-order valence-electron chi connectivity index (χ1n) is 11.4. The maximum absolute atomic E-state index is 10.2. The fourth-order valence-electron chi connectivity index (χ4n) is 4.77. The van der Waals surface area contributed by atoms with E-state index in [9.17, 15) is 5.11 Å². The van der Waals surface area contributed by atoms with Crippen LogP contribution < -0.4 is 0 Å². The maximum atomic E-state index is 10.2. The third kappa shape index (κ3) is 4.88. The summed E-state index contributed by atoms with van der Waals surface area (Å²) in [5.74, 6) is 0.343. The Labute approximate surface area is 186 Å². The van der Waals surface area contributed by atoms with Gasteiger partial charge < -0.3 is 5.11 Å². The summed E-state index contributed by atoms with van der Waals surface area (Å²) >= 11 is 0. The highest BCUT2D eigenvalue weighted by atomic mass is 16.3. The fourth-order valence-corrected chi connectivity index (χ4v) is 4.77. The van der Waals surface area contributed by atoms with Crippen molar-refractivity contribution in [3.8, 4) is 5.75 Å². The Morgan fingerprint density at radius 1 is 1.03 bits per heavy atom. The molecule has 1 N–H and O–H groups in total. The van der Waals surface area contributed by atoms with Crippen LogP contribution in [0.15, 0.2) is 78.6 Å². The van der Waals surface area contributed by atoms with Crippen molar-refractivity contribution in [3.05, 3.63) is 101 Å². The van der Waals surface area contributed by atoms with E-state index in [0.29, 0.717) is 5.75 Å². The Hall–Kier alpha value is -2.91. The van der Waals surface area contributed by atoms with Crippen molar-refractivity contribution < 1.29 is 5.11 Å². The monoisotopic (exact) mass is 412 g/mol. The van der Waals surface area contributed by atoms with Gasteiger partial charge in [-0.1, -0.05) is 49.7 Å². The van der Waals surface area contributed by atoms with E-state index in [-0.39, 0.29) is 6.04 Å². The molecule has 1 unspecified atom stereocenters. The number of aromatic nitrogens is 1. The Morgan fingerprint density at radius 2 is 1.81 bits per heavy atom. The highest BCUT2D eigenvalue weighted by molar-refractivity contribution is 5.74. The average Bonchev–Trinajstić information content (AvgIpc) is 2.80. The molecule has 1 aromatic heterocycles. The lowest BCUT2D eigenvalue weighted by Crippen LogP contribution is -2.35. The van der Waals surface area contributed by atoms with Crippen molar-refractivity contribution in [2.24, 2.45) is 0 Å². The van der Waals surface area contributed by atoms with Crippen LogP contribution in [0, 0.1) is 6.92 Å². The number of nitrogens with zero attached hydrogens (tertiary/aromatic N) is 2. The van der Waals surface area contributed by atoms with E-state index in [2.05, 4.69) is 66.2 Å². The van der Waals surface area contributed by atoms with E-state index >= 15 is 0 Å². The number of rotatable bonds is 7. The van der Waals surface area contributed by atoms with Crippen molar-refractivity contribution in [3.63, 3.8) is 0 Å². The molecule has 0 spiro atoms. The van der Waals surface area contributed by atoms with Crippen molar-refractivity contribution in [1.29, 1.82) is 0 Å². The number of aryl methyl sites for hydroxylation is 1. The Bertz CT molecular complexity index is 1030. The number of hydrogen-bond donors (Lipinski definition) is 1. The topological polar surface area (TPSA) is 36.4 Å². The molecular weight excluding hydrogens is 380 g/mol. The minimum Gasteiger partial charge on any atom is -0.508 e. The molecule has 2 aromatic carbocycles. The number of aromatic hydroxyl groups is 1. The van der Waals surface area contributed by atoms with E-state index in [1.54, 1.807) is 6.07 Å². The molecule has 0 fully saturated rings. The van der Waals surface area contributed by atoms with Crippen molar-refractivity contribution in [2.75, 3.05) is 6.54 Å². The predicted molar refractivity (Wildman–Crippen MR) is 128 cm³/mol. The van der Waals surface area contributed by atoms with E-state index in [1.165, 1.54) is 33.4 Å². The molecule has 0 radical (unpaired) electrons. The molecule has 3 aromatic rings. The van der Waals surface area contributed by atoms with Crippen molar-refractivity contribution >= 4 is 5.57 Å². The number of pyridine rings is 1. The second-order valence-corrected chi connectivity index (χ2v) is 8.50. The van der Waals surface area contributed by atoms with Gasteiger partial charge in [0.1, 0.15) is 5.75 Å². The molecule has 0 saturated carbocycles. The van der Waals surface area contributed by atoms with Gasteiger partial charge >= 0.3 is 0 Å². The highest BCUT2D eigenvalue weighted by Crippen LogP contribution is 2.43. The summed E-state index contributed by atoms with van der Waals surface area (Å²) in [6.45, 7) is 6.32. The average molecular weight is 413 g/mol. The lowest BCUT2D eigenvalue weighted by molar-refractivity contribution is 0.204. The van der Waals surface area contributed by atoms with Gasteiger partial charge in [-0.15, -0.1) is 0 Å². The van der Waals surface area contributed by atoms with Crippen LogP contribution in [0.4, 0.5) is 0 Å². The number of phenols is 1. The molecule has 0 aliphatic carbocycles. The lowest BCUT2D eigenvalue weighted by Gasteiger charge is -2.40. The maximum Gasteiger partial charge on any atom is 0.116 e. The smallest absolute Gasteiger partial charge is 0.116 e. The van der Waals surface area contributed by atoms with Crippen molar-refractivity contribution in [2.45, 2.75) is 52.1 Å². The molecule has 2 heterocycles. The van der Waals surface area contributed by atoms with Crippen LogP contribution in [0.25, 0.3) is 5.57 Å². The van der Waals surface area contributed by atoms with Crippen LogP contribution in [-0.2, 0) is 6.54 Å². The second-order valence-electron chi connectivity index (χ2n) is 8.50. The van der Waals surface area contributed by atoms with E-state index < -0.39 is 0 Å². The number of unbranched alkanes of at least 4 members (excludes halogenated alkanes) is 1. The Kier molecular flexibility index (Phi) is 6.83. The van der Waals surface area contributed by atoms with Crippen LogP contribution in [-0.4, -0.2) is 21.5 Å². The summed E-state index contributed by atoms with van der Waals surface area (Å²) in [4.78, 5) is 6.88. The zero-order valence-electron chi connectivity index (χ0n) is 18.6. The SMILES string of the molecule is CCCCC1=C(c2cc(O)ccc2C)CCN(Cc2ccccc2)C1c1ccncc1. The van der Waals surface area contributed by atoms with Gasteiger partial charge in [-0.2, -0.15) is 0 Å². The highest BCUT2D eigenvalue weighted by Gasteiger charge is 2.31. The van der Waals surface area contributed by atoms with Gasteiger partial charge in [-0.3, -0.25) is 9.88 Å². The van der Waals surface area contributed by atoms with Gasteiger partial charge in [0.05, 0.1) is 6.04 Å². The summed E-state index contributed by atoms with van der Waals surface area (Å²) < 4.78 is 0. The van der Waals surface area contributed by atoms with Gasteiger partial charge in [-0.25, -0.2) is 0 Å². The van der Waals surface area contributed by atoms with Crippen LogP contribution in [0.1, 0.15) is 60.9 Å². The molecule has 0 bridgehead atoms. The molecule has 3 nitrogen and oxygen atoms in total. The molecule has 3 heteroatoms. The van der Waals surface area contributed by atoms with Gasteiger partial charge in [0.15, 0.2) is 0 Å². The van der Waals surface area contributed by atoms with Crippen LogP contribution in [0.2, 0.25) is 0 Å². The van der Waals surface area contributed by atoms with Gasteiger partial charge in [0.2, 0.25) is 0 Å². The predicted octanol–water partition coefficient (Wildman–Crippen LogP) is 6.69. The molecule has 1 aliphatic heterocycles. The third-order valence-corrected chi connectivity index (χ3v) is 6.33. The normalized spacial score (nSPS) is 17.2. The summed E-state index contributed by atoms with van der Waals surface area (Å²) in [6.07, 6.45) is 8.20.